The molecule has 0 heterocycles. The number of carbonyl (C=O) groups excluding carboxylic acids is 4. The summed E-state index contributed by atoms with van der Waals surface area (Å²) in [5.74, 6) is 0.888. The van der Waals surface area contributed by atoms with Crippen molar-refractivity contribution in [1.29, 1.82) is 0 Å². The highest BCUT2D eigenvalue weighted by molar-refractivity contribution is 5.75. The fourth-order valence-electron chi connectivity index (χ4n) is 3.70. The topological polar surface area (TPSA) is 116 Å². The van der Waals surface area contributed by atoms with Crippen LogP contribution in [0, 0.1) is 5.92 Å². The lowest BCUT2D eigenvalue weighted by Crippen LogP contribution is -2.34. The second kappa shape index (κ2) is 20.5. The Balaban J connectivity index is 0. The molecule has 2 aliphatic rings. The monoisotopic (exact) mass is 508 g/mol. The maximum absolute atomic E-state index is 10.6. The molecule has 0 saturated heterocycles. The number of amides is 4. The van der Waals surface area contributed by atoms with Crippen molar-refractivity contribution in [1.82, 2.24) is 21.3 Å². The van der Waals surface area contributed by atoms with Gasteiger partial charge in [0.25, 0.3) is 0 Å². The Labute approximate surface area is 219 Å². The second-order valence-corrected chi connectivity index (χ2v) is 9.67. The summed E-state index contributed by atoms with van der Waals surface area (Å²) in [6, 6.07) is 0.782. The predicted octanol–water partition coefficient (Wildman–Crippen LogP) is 4.86. The SMILES string of the molecule is CC(=O)NC1=C(C)CCC1.CC(=O)NC1CCCC1C.CC=C(C)NC(C)=O.CCC(C)NC(C)=O. The largest absolute Gasteiger partial charge is 0.354 e. The van der Waals surface area contributed by atoms with E-state index in [9.17, 15) is 19.2 Å². The molecule has 2 aliphatic carbocycles. The minimum atomic E-state index is -0.0133. The van der Waals surface area contributed by atoms with Crippen LogP contribution in [0.4, 0.5) is 0 Å². The molecule has 1 fully saturated rings. The van der Waals surface area contributed by atoms with Crippen LogP contribution in [0.5, 0.6) is 0 Å². The van der Waals surface area contributed by atoms with Gasteiger partial charge in [-0.15, -0.1) is 0 Å². The second-order valence-electron chi connectivity index (χ2n) is 9.67. The Morgan fingerprint density at radius 2 is 1.53 bits per heavy atom. The molecule has 208 valence electrons. The van der Waals surface area contributed by atoms with E-state index in [-0.39, 0.29) is 23.6 Å². The van der Waals surface area contributed by atoms with Crippen LogP contribution in [0.1, 0.15) is 114 Å². The molecule has 2 rings (SSSR count). The van der Waals surface area contributed by atoms with Gasteiger partial charge in [-0.1, -0.05) is 31.9 Å². The van der Waals surface area contributed by atoms with Crippen molar-refractivity contribution in [2.24, 2.45) is 5.92 Å². The standard InChI is InChI=1S/C8H15NO.C8H13NO.C6H13NO.C6H11NO/c2*1-6-4-3-5-8(6)9-7(2)10;2*1-4-5(2)7-6(3)8/h6,8H,3-5H2,1-2H3,(H,9,10);3-5H2,1-2H3,(H,9,10);5H,4H2,1-3H3,(H,7,8);4H,1-3H3,(H,7,8). The molecule has 0 spiro atoms. The van der Waals surface area contributed by atoms with Crippen molar-refractivity contribution in [2.75, 3.05) is 0 Å². The minimum Gasteiger partial charge on any atom is -0.354 e. The maximum atomic E-state index is 10.6. The molecule has 36 heavy (non-hydrogen) atoms. The van der Waals surface area contributed by atoms with E-state index in [1.165, 1.54) is 45.1 Å². The zero-order chi connectivity index (χ0) is 28.3. The number of nitrogens with one attached hydrogen (secondary N) is 4. The van der Waals surface area contributed by atoms with E-state index in [0.717, 1.165) is 30.7 Å². The first-order valence-electron chi connectivity index (χ1n) is 13.1. The molecular formula is C28H52N4O4. The van der Waals surface area contributed by atoms with E-state index in [4.69, 9.17) is 0 Å². The normalized spacial score (nSPS) is 19.2. The fourth-order valence-corrected chi connectivity index (χ4v) is 3.70. The van der Waals surface area contributed by atoms with E-state index < -0.39 is 0 Å². The molecule has 0 radical (unpaired) electrons. The average molecular weight is 509 g/mol. The highest BCUT2D eigenvalue weighted by atomic mass is 16.2. The quantitative estimate of drug-likeness (QED) is 0.424. The first-order valence-corrected chi connectivity index (χ1v) is 13.1. The third kappa shape index (κ3) is 20.7. The zero-order valence-corrected chi connectivity index (χ0v) is 24.4. The van der Waals surface area contributed by atoms with Crippen molar-refractivity contribution in [3.05, 3.63) is 23.0 Å². The van der Waals surface area contributed by atoms with Gasteiger partial charge >= 0.3 is 0 Å². The van der Waals surface area contributed by atoms with Gasteiger partial charge in [0, 0.05) is 51.2 Å². The predicted molar refractivity (Wildman–Crippen MR) is 148 cm³/mol. The molecule has 0 aromatic carbocycles. The first-order chi connectivity index (χ1) is 16.7. The van der Waals surface area contributed by atoms with Gasteiger partial charge in [-0.25, -0.2) is 0 Å². The van der Waals surface area contributed by atoms with Crippen molar-refractivity contribution in [3.8, 4) is 0 Å². The molecule has 0 aromatic rings. The highest BCUT2D eigenvalue weighted by Gasteiger charge is 2.23. The Kier molecular flexibility index (Phi) is 20.3. The van der Waals surface area contributed by atoms with Crippen molar-refractivity contribution in [3.63, 3.8) is 0 Å². The minimum absolute atomic E-state index is 0.0133. The number of hydrogen-bond acceptors (Lipinski definition) is 4. The molecule has 4 N–H and O–H groups in total. The molecule has 0 aliphatic heterocycles. The summed E-state index contributed by atoms with van der Waals surface area (Å²) in [7, 11) is 0. The Bertz CT molecular complexity index is 759. The van der Waals surface area contributed by atoms with Crippen LogP contribution in [0.3, 0.4) is 0 Å². The lowest BCUT2D eigenvalue weighted by Gasteiger charge is -2.15. The van der Waals surface area contributed by atoms with E-state index in [1.807, 2.05) is 33.8 Å². The Morgan fingerprint density at radius 3 is 1.81 bits per heavy atom. The van der Waals surface area contributed by atoms with Gasteiger partial charge in [-0.2, -0.15) is 0 Å². The van der Waals surface area contributed by atoms with Crippen LogP contribution in [-0.4, -0.2) is 35.7 Å². The van der Waals surface area contributed by atoms with E-state index >= 15 is 0 Å². The lowest BCUT2D eigenvalue weighted by molar-refractivity contribution is -0.120. The summed E-state index contributed by atoms with van der Waals surface area (Å²) >= 11 is 0. The van der Waals surface area contributed by atoms with E-state index in [1.54, 1.807) is 13.8 Å². The van der Waals surface area contributed by atoms with Crippen LogP contribution < -0.4 is 21.3 Å². The third-order valence-corrected chi connectivity index (χ3v) is 5.94. The Hall–Kier alpha value is -2.64. The van der Waals surface area contributed by atoms with Crippen LogP contribution in [-0.2, 0) is 19.2 Å². The zero-order valence-electron chi connectivity index (χ0n) is 24.4. The number of hydrogen-bond donors (Lipinski definition) is 4. The molecule has 4 amide bonds. The van der Waals surface area contributed by atoms with Gasteiger partial charge in [0.2, 0.25) is 23.6 Å². The molecule has 3 unspecified atom stereocenters. The van der Waals surface area contributed by atoms with Gasteiger partial charge in [-0.3, -0.25) is 19.2 Å². The van der Waals surface area contributed by atoms with Crippen LogP contribution in [0.25, 0.3) is 0 Å². The summed E-state index contributed by atoms with van der Waals surface area (Å²) in [6.45, 7) is 18.2. The number of carbonyl (C=O) groups is 4. The average Bonchev–Trinajstić information content (AvgIpc) is 3.35. The number of rotatable bonds is 5. The van der Waals surface area contributed by atoms with Crippen LogP contribution in [0.15, 0.2) is 23.0 Å². The van der Waals surface area contributed by atoms with Gasteiger partial charge in [0.1, 0.15) is 0 Å². The van der Waals surface area contributed by atoms with Gasteiger partial charge in [-0.05, 0) is 72.1 Å². The van der Waals surface area contributed by atoms with E-state index in [0.29, 0.717) is 18.0 Å². The maximum Gasteiger partial charge on any atom is 0.220 e. The number of allylic oxidation sites excluding steroid dienone is 4. The summed E-state index contributed by atoms with van der Waals surface area (Å²) in [4.78, 5) is 41.8. The van der Waals surface area contributed by atoms with Gasteiger partial charge in [0.15, 0.2) is 0 Å². The summed E-state index contributed by atoms with van der Waals surface area (Å²) in [5, 5.41) is 11.2. The molecule has 0 aromatic heterocycles. The smallest absolute Gasteiger partial charge is 0.220 e. The molecule has 8 nitrogen and oxygen atoms in total. The molecule has 0 bridgehead atoms. The summed E-state index contributed by atoms with van der Waals surface area (Å²) in [6.07, 6.45) is 9.95. The Morgan fingerprint density at radius 1 is 0.917 bits per heavy atom. The van der Waals surface area contributed by atoms with Crippen molar-refractivity contribution in [2.45, 2.75) is 126 Å². The third-order valence-electron chi connectivity index (χ3n) is 5.94. The molecular weight excluding hydrogens is 456 g/mol. The van der Waals surface area contributed by atoms with Crippen molar-refractivity contribution >= 4 is 23.6 Å². The van der Waals surface area contributed by atoms with Crippen molar-refractivity contribution < 1.29 is 19.2 Å². The molecule has 3 atom stereocenters. The fraction of sp³-hybridized carbons (Fsp3) is 0.714. The summed E-state index contributed by atoms with van der Waals surface area (Å²) in [5.41, 5.74) is 3.39. The van der Waals surface area contributed by atoms with Gasteiger partial charge in [0.05, 0.1) is 0 Å². The highest BCUT2D eigenvalue weighted by Crippen LogP contribution is 2.24. The lowest BCUT2D eigenvalue weighted by atomic mass is 10.1. The molecule has 1 saturated carbocycles. The molecule has 8 heteroatoms. The van der Waals surface area contributed by atoms with E-state index in [2.05, 4.69) is 35.1 Å². The van der Waals surface area contributed by atoms with Crippen LogP contribution >= 0.6 is 0 Å². The first kappa shape index (κ1) is 35.5. The van der Waals surface area contributed by atoms with Crippen LogP contribution in [0.2, 0.25) is 0 Å². The van der Waals surface area contributed by atoms with Gasteiger partial charge < -0.3 is 21.3 Å². The summed E-state index contributed by atoms with van der Waals surface area (Å²) < 4.78 is 0.